The van der Waals surface area contributed by atoms with Gasteiger partial charge in [-0.3, -0.25) is 9.19 Å². The van der Waals surface area contributed by atoms with Crippen molar-refractivity contribution in [2.45, 2.75) is 6.54 Å². The van der Waals surface area contributed by atoms with Crippen LogP contribution in [0.4, 0.5) is 17.3 Å². The molecule has 0 spiro atoms. The molecular formula is C21H21N7OS. The number of aromatic nitrogens is 5. The molecule has 0 radical (unpaired) electrons. The molecule has 0 saturated carbocycles. The van der Waals surface area contributed by atoms with Gasteiger partial charge in [0.05, 0.1) is 18.1 Å². The Morgan fingerprint density at radius 1 is 1.03 bits per heavy atom. The lowest BCUT2D eigenvalue weighted by molar-refractivity contribution is 0.673. The molecule has 1 aliphatic rings. The van der Waals surface area contributed by atoms with Crippen molar-refractivity contribution in [1.29, 1.82) is 0 Å². The van der Waals surface area contributed by atoms with E-state index in [1.54, 1.807) is 18.6 Å². The average Bonchev–Trinajstić information content (AvgIpc) is 3.18. The van der Waals surface area contributed by atoms with Gasteiger partial charge in [-0.1, -0.05) is 6.07 Å². The number of nitrogens with zero attached hydrogens (tertiary/aromatic N) is 6. The summed E-state index contributed by atoms with van der Waals surface area (Å²) in [5.41, 5.74) is 3.89. The van der Waals surface area contributed by atoms with Gasteiger partial charge in [0.1, 0.15) is 0 Å². The zero-order valence-electron chi connectivity index (χ0n) is 16.3. The fourth-order valence-electron chi connectivity index (χ4n) is 3.49. The summed E-state index contributed by atoms with van der Waals surface area (Å²) < 4.78 is 13.4. The highest BCUT2D eigenvalue weighted by Gasteiger charge is 2.15. The number of nitrogens with one attached hydrogen (secondary N) is 1. The maximum absolute atomic E-state index is 11.5. The normalized spacial score (nSPS) is 14.9. The first kappa shape index (κ1) is 18.7. The fraction of sp³-hybridized carbons (Fsp3) is 0.238. The van der Waals surface area contributed by atoms with Crippen molar-refractivity contribution in [3.05, 3.63) is 66.7 Å². The molecule has 4 aromatic rings. The summed E-state index contributed by atoms with van der Waals surface area (Å²) in [7, 11) is -0.670. The van der Waals surface area contributed by atoms with E-state index in [2.05, 4.69) is 42.4 Å². The minimum atomic E-state index is -0.670. The Labute approximate surface area is 176 Å². The van der Waals surface area contributed by atoms with Crippen molar-refractivity contribution < 1.29 is 4.21 Å². The highest BCUT2D eigenvalue weighted by molar-refractivity contribution is 7.85. The Morgan fingerprint density at radius 3 is 2.63 bits per heavy atom. The van der Waals surface area contributed by atoms with Crippen LogP contribution < -0.4 is 10.2 Å². The molecule has 5 rings (SSSR count). The van der Waals surface area contributed by atoms with E-state index in [0.29, 0.717) is 12.5 Å². The van der Waals surface area contributed by atoms with Gasteiger partial charge < -0.3 is 10.2 Å². The van der Waals surface area contributed by atoms with Gasteiger partial charge in [-0.15, -0.1) is 0 Å². The van der Waals surface area contributed by atoms with E-state index in [1.807, 2.05) is 35.1 Å². The van der Waals surface area contributed by atoms with Gasteiger partial charge in [-0.25, -0.2) is 9.67 Å². The van der Waals surface area contributed by atoms with E-state index in [0.717, 1.165) is 52.6 Å². The molecule has 9 heteroatoms. The predicted molar refractivity (Wildman–Crippen MR) is 118 cm³/mol. The molecule has 30 heavy (non-hydrogen) atoms. The number of pyridine rings is 1. The van der Waals surface area contributed by atoms with Gasteiger partial charge in [0, 0.05) is 65.4 Å². The van der Waals surface area contributed by atoms with Crippen molar-refractivity contribution in [2.24, 2.45) is 0 Å². The molecule has 152 valence electrons. The Kier molecular flexibility index (Phi) is 5.10. The van der Waals surface area contributed by atoms with E-state index in [9.17, 15) is 4.21 Å². The van der Waals surface area contributed by atoms with E-state index < -0.39 is 10.8 Å². The Morgan fingerprint density at radius 2 is 1.87 bits per heavy atom. The van der Waals surface area contributed by atoms with Crippen molar-refractivity contribution in [3.8, 4) is 0 Å². The van der Waals surface area contributed by atoms with E-state index in [4.69, 9.17) is 0 Å². The Bertz CT molecular complexity index is 1170. The minimum absolute atomic E-state index is 0.525. The van der Waals surface area contributed by atoms with E-state index in [-0.39, 0.29) is 0 Å². The Hall–Kier alpha value is -3.33. The Balaban J connectivity index is 1.32. The number of benzene rings is 1. The van der Waals surface area contributed by atoms with Gasteiger partial charge in [0.25, 0.3) is 0 Å². The third kappa shape index (κ3) is 4.02. The molecule has 4 heterocycles. The molecule has 1 aliphatic heterocycles. The predicted octanol–water partition coefficient (Wildman–Crippen LogP) is 2.58. The second-order valence-corrected chi connectivity index (χ2v) is 8.84. The molecule has 1 saturated heterocycles. The maximum atomic E-state index is 11.5. The first-order chi connectivity index (χ1) is 14.7. The zero-order chi connectivity index (χ0) is 20.3. The van der Waals surface area contributed by atoms with Crippen LogP contribution in [0.25, 0.3) is 11.0 Å². The molecule has 0 amide bonds. The maximum Gasteiger partial charge on any atom is 0.229 e. The molecule has 0 unspecified atom stereocenters. The largest absolute Gasteiger partial charge is 0.370 e. The summed E-state index contributed by atoms with van der Waals surface area (Å²) in [5.74, 6) is 2.00. The van der Waals surface area contributed by atoms with Crippen molar-refractivity contribution in [2.75, 3.05) is 34.8 Å². The number of hydrogen-bond donors (Lipinski definition) is 1. The highest BCUT2D eigenvalue weighted by Crippen LogP contribution is 2.22. The highest BCUT2D eigenvalue weighted by atomic mass is 32.2. The molecule has 0 aliphatic carbocycles. The lowest BCUT2D eigenvalue weighted by Crippen LogP contribution is -2.37. The monoisotopic (exact) mass is 419 g/mol. The second-order valence-electron chi connectivity index (χ2n) is 7.14. The molecule has 0 atom stereocenters. The third-order valence-electron chi connectivity index (χ3n) is 5.10. The van der Waals surface area contributed by atoms with Crippen molar-refractivity contribution in [3.63, 3.8) is 0 Å². The van der Waals surface area contributed by atoms with E-state index in [1.165, 1.54) is 0 Å². The minimum Gasteiger partial charge on any atom is -0.370 e. The lowest BCUT2D eigenvalue weighted by atomic mass is 10.2. The topological polar surface area (TPSA) is 88.8 Å². The number of hydrogen-bond acceptors (Lipinski definition) is 7. The summed E-state index contributed by atoms with van der Waals surface area (Å²) in [6.07, 6.45) is 7.14. The average molecular weight is 420 g/mol. The van der Waals surface area contributed by atoms with Gasteiger partial charge in [0.2, 0.25) is 5.95 Å². The van der Waals surface area contributed by atoms with Crippen molar-refractivity contribution in [1.82, 2.24) is 24.7 Å². The van der Waals surface area contributed by atoms with Crippen LogP contribution in [0.3, 0.4) is 0 Å². The molecule has 0 bridgehead atoms. The first-order valence-electron chi connectivity index (χ1n) is 9.79. The van der Waals surface area contributed by atoms with Crippen LogP contribution in [-0.4, -0.2) is 53.5 Å². The summed E-state index contributed by atoms with van der Waals surface area (Å²) in [6.45, 7) is 2.27. The summed E-state index contributed by atoms with van der Waals surface area (Å²) >= 11 is 0. The van der Waals surface area contributed by atoms with Gasteiger partial charge >= 0.3 is 0 Å². The van der Waals surface area contributed by atoms with Crippen LogP contribution >= 0.6 is 0 Å². The quantitative estimate of drug-likeness (QED) is 0.532. The fourth-order valence-corrected chi connectivity index (χ4v) is 4.54. The second kappa shape index (κ2) is 8.19. The van der Waals surface area contributed by atoms with Gasteiger partial charge in [-0.05, 0) is 35.9 Å². The first-order valence-corrected chi connectivity index (χ1v) is 11.3. The van der Waals surface area contributed by atoms with Crippen LogP contribution in [0.5, 0.6) is 0 Å². The summed E-state index contributed by atoms with van der Waals surface area (Å²) in [5, 5.41) is 8.60. The lowest BCUT2D eigenvalue weighted by Gasteiger charge is -2.28. The van der Waals surface area contributed by atoms with E-state index >= 15 is 0 Å². The smallest absolute Gasteiger partial charge is 0.229 e. The van der Waals surface area contributed by atoms with Crippen LogP contribution in [0, 0.1) is 0 Å². The zero-order valence-corrected chi connectivity index (χ0v) is 17.1. The van der Waals surface area contributed by atoms with Crippen LogP contribution in [0.1, 0.15) is 5.56 Å². The molecular weight excluding hydrogens is 398 g/mol. The molecule has 1 N–H and O–H groups in total. The summed E-state index contributed by atoms with van der Waals surface area (Å²) in [4.78, 5) is 15.5. The third-order valence-corrected chi connectivity index (χ3v) is 6.37. The molecule has 3 aromatic heterocycles. The van der Waals surface area contributed by atoms with Crippen LogP contribution in [0.15, 0.2) is 61.2 Å². The number of anilines is 3. The SMILES string of the molecule is O=S1CCN(c2ccc(Nc3ncc4cnn(Cc5cccnc5)c4n3)cc2)CC1. The van der Waals surface area contributed by atoms with Crippen molar-refractivity contribution >= 4 is 39.2 Å². The molecule has 1 aromatic carbocycles. The van der Waals surface area contributed by atoms with Crippen LogP contribution in [-0.2, 0) is 17.3 Å². The standard InChI is InChI=1S/C21H21N7OS/c29-30-10-8-27(9-11-30)19-5-3-18(4-6-19)25-21-23-13-17-14-24-28(20(17)26-21)15-16-2-1-7-22-12-16/h1-7,12-14H,8-11,15H2,(H,23,25,26). The molecule has 1 fully saturated rings. The van der Waals surface area contributed by atoms with Gasteiger partial charge in [-0.2, -0.15) is 10.1 Å². The molecule has 8 nitrogen and oxygen atoms in total. The summed E-state index contributed by atoms with van der Waals surface area (Å²) in [6, 6.07) is 12.1. The van der Waals surface area contributed by atoms with Crippen LogP contribution in [0.2, 0.25) is 0 Å². The number of rotatable bonds is 5. The number of fused-ring (bicyclic) bond motifs is 1. The van der Waals surface area contributed by atoms with Gasteiger partial charge in [0.15, 0.2) is 5.65 Å².